The van der Waals surface area contributed by atoms with Crippen molar-refractivity contribution in [1.82, 2.24) is 0 Å². The van der Waals surface area contributed by atoms with Crippen molar-refractivity contribution in [2.24, 2.45) is 0 Å². The average molecular weight is 293 g/mol. The van der Waals surface area contributed by atoms with Crippen LogP contribution in [0.25, 0.3) is 0 Å². The third kappa shape index (κ3) is 14.0. The molecule has 1 radical (unpaired) electrons. The number of aliphatic hydroxyl groups is 1. The molecular weight excluding hydrogens is 282 g/mol. The average Bonchev–Trinajstić information content (AvgIpc) is 1.98. The molecule has 0 saturated carbocycles. The number of carboxylic acids is 3. The Hall–Kier alpha value is -0.0487. The van der Waals surface area contributed by atoms with E-state index in [1.165, 1.54) is 0 Å². The van der Waals surface area contributed by atoms with Crippen LogP contribution in [0.5, 0.6) is 0 Å². The van der Waals surface area contributed by atoms with Crippen LogP contribution in [-0.4, -0.2) is 118 Å². The van der Waals surface area contributed by atoms with E-state index in [1.807, 2.05) is 0 Å². The first-order valence-electron chi connectivity index (χ1n) is 3.95. The van der Waals surface area contributed by atoms with Crippen molar-refractivity contribution < 1.29 is 49.9 Å². The van der Waals surface area contributed by atoms with Crippen molar-refractivity contribution >= 4 is 76.6 Å². The zero-order valence-electron chi connectivity index (χ0n) is 9.35. The molecule has 0 aliphatic carbocycles. The van der Waals surface area contributed by atoms with Gasteiger partial charge in [-0.3, -0.25) is 9.59 Å². The summed E-state index contributed by atoms with van der Waals surface area (Å²) in [7, 11) is -2.17. The van der Waals surface area contributed by atoms with E-state index in [9.17, 15) is 14.4 Å². The summed E-state index contributed by atoms with van der Waals surface area (Å²) in [5.41, 5.74) is -2.74. The summed E-state index contributed by atoms with van der Waals surface area (Å²) in [5, 5.41) is 55.3. The van der Waals surface area contributed by atoms with E-state index in [2.05, 4.69) is 0 Å². The molecule has 0 aromatic carbocycles. The number of rotatable bonds is 5. The largest absolute Gasteiger partial charge is 0.631 e. The molecular formula is C6H11BKO10. The van der Waals surface area contributed by atoms with Crippen LogP contribution in [0.1, 0.15) is 12.8 Å². The van der Waals surface area contributed by atoms with Gasteiger partial charge in [0.1, 0.15) is 0 Å². The third-order valence-electron chi connectivity index (χ3n) is 1.29. The second kappa shape index (κ2) is 10.8. The predicted octanol–water partition coefficient (Wildman–Crippen LogP) is -3.68. The van der Waals surface area contributed by atoms with Gasteiger partial charge in [-0.25, -0.2) is 4.79 Å². The van der Waals surface area contributed by atoms with Crippen LogP contribution in [0.4, 0.5) is 0 Å². The van der Waals surface area contributed by atoms with Crippen LogP contribution in [0.2, 0.25) is 0 Å². The molecule has 7 N–H and O–H groups in total. The van der Waals surface area contributed by atoms with Gasteiger partial charge in [0.05, 0.1) is 12.8 Å². The fraction of sp³-hybridized carbons (Fsp3) is 0.500. The topological polar surface area (TPSA) is 193 Å². The molecule has 0 aromatic rings. The van der Waals surface area contributed by atoms with Crippen molar-refractivity contribution in [2.75, 3.05) is 0 Å². The van der Waals surface area contributed by atoms with Crippen molar-refractivity contribution in [3.63, 3.8) is 0 Å². The van der Waals surface area contributed by atoms with Gasteiger partial charge >= 0.3 is 25.2 Å². The van der Waals surface area contributed by atoms with Gasteiger partial charge in [-0.15, -0.1) is 0 Å². The van der Waals surface area contributed by atoms with E-state index in [0.717, 1.165) is 0 Å². The quantitative estimate of drug-likeness (QED) is 0.248. The minimum atomic E-state index is -2.74. The number of aliphatic carboxylic acids is 3. The molecule has 0 heterocycles. The molecule has 99 valence electrons. The first kappa shape index (κ1) is 23.1. The summed E-state index contributed by atoms with van der Waals surface area (Å²) < 4.78 is 0. The molecule has 10 nitrogen and oxygen atoms in total. The van der Waals surface area contributed by atoms with Crippen LogP contribution >= 0.6 is 0 Å². The minimum Gasteiger partial charge on any atom is -0.481 e. The maximum atomic E-state index is 10.3. The van der Waals surface area contributed by atoms with Crippen LogP contribution in [-0.2, 0) is 14.4 Å². The molecule has 0 spiro atoms. The third-order valence-corrected chi connectivity index (χ3v) is 1.29. The van der Waals surface area contributed by atoms with Crippen LogP contribution in [0.15, 0.2) is 0 Å². The molecule has 0 saturated heterocycles. The Morgan fingerprint density at radius 3 is 1.22 bits per heavy atom. The van der Waals surface area contributed by atoms with Gasteiger partial charge in [-0.05, 0) is 0 Å². The van der Waals surface area contributed by atoms with E-state index >= 15 is 0 Å². The molecule has 0 aromatic heterocycles. The van der Waals surface area contributed by atoms with E-state index in [1.54, 1.807) is 0 Å². The summed E-state index contributed by atoms with van der Waals surface area (Å²) in [6.45, 7) is 0. The van der Waals surface area contributed by atoms with Gasteiger partial charge in [0.25, 0.3) is 0 Å². The maximum absolute atomic E-state index is 10.3. The smallest absolute Gasteiger partial charge is 0.481 e. The van der Waals surface area contributed by atoms with Crippen LogP contribution < -0.4 is 0 Å². The predicted molar refractivity (Wildman–Crippen MR) is 55.3 cm³/mol. The van der Waals surface area contributed by atoms with E-state index in [0.29, 0.717) is 0 Å². The molecule has 0 amide bonds. The fourth-order valence-corrected chi connectivity index (χ4v) is 0.714. The van der Waals surface area contributed by atoms with Gasteiger partial charge < -0.3 is 35.5 Å². The molecule has 0 fully saturated rings. The summed E-state index contributed by atoms with van der Waals surface area (Å²) in [6, 6.07) is 0. The van der Waals surface area contributed by atoms with Gasteiger partial charge in [0, 0.05) is 51.4 Å². The minimum absolute atomic E-state index is 0. The van der Waals surface area contributed by atoms with Gasteiger partial charge in [0.15, 0.2) is 5.60 Å². The molecule has 12 heteroatoms. The van der Waals surface area contributed by atoms with Crippen molar-refractivity contribution in [2.45, 2.75) is 18.4 Å². The number of carboxylic acid groups (broad SMARTS) is 3. The standard InChI is InChI=1S/C6H8O7.BH3O3.K/c7-3(8)1-6(13,5(11)12)2-4(9)10;2-1(3)4;/h13H,1-2H2,(H,7,8)(H,9,10)(H,11,12);2-4H;. The molecule has 0 bridgehead atoms. The van der Waals surface area contributed by atoms with Crippen molar-refractivity contribution in [3.8, 4) is 0 Å². The molecule has 0 rings (SSSR count). The normalized spacial score (nSPS) is 9.33. The van der Waals surface area contributed by atoms with Gasteiger partial charge in [-0.1, -0.05) is 0 Å². The second-order valence-electron chi connectivity index (χ2n) is 2.82. The first-order valence-corrected chi connectivity index (χ1v) is 3.95. The van der Waals surface area contributed by atoms with Crippen molar-refractivity contribution in [1.29, 1.82) is 0 Å². The van der Waals surface area contributed by atoms with Crippen LogP contribution in [0, 0.1) is 0 Å². The Kier molecular flexibility index (Phi) is 13.9. The number of carbonyl (C=O) groups is 3. The molecule has 0 aliphatic heterocycles. The summed E-state index contributed by atoms with van der Waals surface area (Å²) >= 11 is 0. The fourth-order valence-electron chi connectivity index (χ4n) is 0.714. The summed E-state index contributed by atoms with van der Waals surface area (Å²) in [5.74, 6) is -5.02. The van der Waals surface area contributed by atoms with Crippen LogP contribution in [0.3, 0.4) is 0 Å². The molecule has 0 unspecified atom stereocenters. The summed E-state index contributed by atoms with van der Waals surface area (Å²) in [4.78, 5) is 30.5. The maximum Gasteiger partial charge on any atom is 0.631 e. The Balaban J connectivity index is -0.000000392. The Bertz CT molecular complexity index is 273. The number of hydrogen-bond donors (Lipinski definition) is 7. The monoisotopic (exact) mass is 293 g/mol. The van der Waals surface area contributed by atoms with Gasteiger partial charge in [-0.2, -0.15) is 0 Å². The molecule has 18 heavy (non-hydrogen) atoms. The Morgan fingerprint density at radius 2 is 1.11 bits per heavy atom. The Labute approximate surface area is 143 Å². The number of hydrogen-bond acceptors (Lipinski definition) is 7. The first-order chi connectivity index (χ1) is 7.51. The second-order valence-corrected chi connectivity index (χ2v) is 2.82. The molecule has 0 aliphatic rings. The zero-order chi connectivity index (χ0) is 14.2. The molecule has 0 atom stereocenters. The van der Waals surface area contributed by atoms with Crippen molar-refractivity contribution in [3.05, 3.63) is 0 Å². The summed E-state index contributed by atoms with van der Waals surface area (Å²) in [6.07, 6.45) is -2.29. The zero-order valence-corrected chi connectivity index (χ0v) is 12.5. The van der Waals surface area contributed by atoms with E-state index in [4.69, 9.17) is 35.5 Å². The SMILES string of the molecule is O=C(O)CC(O)(CC(=O)O)C(=O)O.OB(O)O.[K]. The van der Waals surface area contributed by atoms with E-state index < -0.39 is 43.7 Å². The van der Waals surface area contributed by atoms with E-state index in [-0.39, 0.29) is 51.4 Å². The van der Waals surface area contributed by atoms with Gasteiger partial charge in [0.2, 0.25) is 0 Å². The Morgan fingerprint density at radius 1 is 0.889 bits per heavy atom.